The summed E-state index contributed by atoms with van der Waals surface area (Å²) in [6, 6.07) is 10.3. The first-order chi connectivity index (χ1) is 14.1. The highest BCUT2D eigenvalue weighted by atomic mass is 19.4. The van der Waals surface area contributed by atoms with Gasteiger partial charge in [-0.05, 0) is 37.3 Å². The van der Waals surface area contributed by atoms with Crippen LogP contribution in [0.3, 0.4) is 0 Å². The molecule has 0 aliphatic carbocycles. The molecule has 1 atom stereocenters. The number of benzene rings is 2. The molecule has 0 radical (unpaired) electrons. The zero-order valence-electron chi connectivity index (χ0n) is 16.2. The van der Waals surface area contributed by atoms with Crippen LogP contribution in [0.4, 0.5) is 30.2 Å². The number of carbonyl (C=O) groups is 1. The standard InChI is InChI=1S/C20H21F3N4O3/c1-14(19(28)24-16-5-7-17(8-6-16)27(29)30)25-9-11-26(12-10-25)18-4-2-3-15(13-18)20(21,22)23/h2-8,13-14H,9-12H2,1H3,(H,24,28)/t14-/m1/s1. The van der Waals surface area contributed by atoms with Crippen molar-refractivity contribution in [1.29, 1.82) is 0 Å². The monoisotopic (exact) mass is 422 g/mol. The van der Waals surface area contributed by atoms with E-state index in [9.17, 15) is 28.1 Å². The molecule has 1 saturated heterocycles. The van der Waals surface area contributed by atoms with Gasteiger partial charge in [0.15, 0.2) is 0 Å². The molecule has 1 fully saturated rings. The highest BCUT2D eigenvalue weighted by molar-refractivity contribution is 5.94. The molecule has 1 heterocycles. The van der Waals surface area contributed by atoms with Crippen LogP contribution in [0.5, 0.6) is 0 Å². The van der Waals surface area contributed by atoms with E-state index in [1.54, 1.807) is 13.0 Å². The van der Waals surface area contributed by atoms with Crippen LogP contribution >= 0.6 is 0 Å². The third-order valence-corrected chi connectivity index (χ3v) is 5.13. The second-order valence-electron chi connectivity index (χ2n) is 7.04. The number of nitrogens with zero attached hydrogens (tertiary/aromatic N) is 3. The number of nitro benzene ring substituents is 1. The van der Waals surface area contributed by atoms with Crippen LogP contribution in [0.25, 0.3) is 0 Å². The lowest BCUT2D eigenvalue weighted by Gasteiger charge is -2.38. The fourth-order valence-corrected chi connectivity index (χ4v) is 3.33. The molecular weight excluding hydrogens is 401 g/mol. The first-order valence-electron chi connectivity index (χ1n) is 9.37. The summed E-state index contributed by atoms with van der Waals surface area (Å²) in [5, 5.41) is 13.4. The van der Waals surface area contributed by atoms with Gasteiger partial charge < -0.3 is 10.2 Å². The summed E-state index contributed by atoms with van der Waals surface area (Å²) in [7, 11) is 0. The summed E-state index contributed by atoms with van der Waals surface area (Å²) in [5.41, 5.74) is 0.220. The van der Waals surface area contributed by atoms with E-state index in [1.165, 1.54) is 30.3 Å². The first-order valence-corrected chi connectivity index (χ1v) is 9.37. The summed E-state index contributed by atoms with van der Waals surface area (Å²) in [6.07, 6.45) is -4.39. The number of nitro groups is 1. The molecule has 30 heavy (non-hydrogen) atoms. The summed E-state index contributed by atoms with van der Waals surface area (Å²) >= 11 is 0. The van der Waals surface area contributed by atoms with Crippen molar-refractivity contribution in [3.8, 4) is 0 Å². The zero-order valence-corrected chi connectivity index (χ0v) is 16.2. The van der Waals surface area contributed by atoms with E-state index < -0.39 is 22.7 Å². The van der Waals surface area contributed by atoms with E-state index in [4.69, 9.17) is 0 Å². The number of non-ortho nitro benzene ring substituents is 1. The number of halogens is 3. The molecule has 1 N–H and O–H groups in total. The average Bonchev–Trinajstić information content (AvgIpc) is 2.73. The topological polar surface area (TPSA) is 78.7 Å². The summed E-state index contributed by atoms with van der Waals surface area (Å²) in [4.78, 5) is 26.5. The smallest absolute Gasteiger partial charge is 0.369 e. The SMILES string of the molecule is C[C@H](C(=O)Nc1ccc([N+](=O)[O-])cc1)N1CCN(c2cccc(C(F)(F)F)c2)CC1. The van der Waals surface area contributed by atoms with Crippen LogP contribution in [0, 0.1) is 10.1 Å². The predicted octanol–water partition coefficient (Wildman–Crippen LogP) is 3.76. The number of alkyl halides is 3. The van der Waals surface area contributed by atoms with Gasteiger partial charge in [-0.3, -0.25) is 19.8 Å². The van der Waals surface area contributed by atoms with Crippen molar-refractivity contribution in [1.82, 2.24) is 4.90 Å². The van der Waals surface area contributed by atoms with Crippen LogP contribution in [0.1, 0.15) is 12.5 Å². The van der Waals surface area contributed by atoms with E-state index in [0.717, 1.165) is 12.1 Å². The Kier molecular flexibility index (Phi) is 6.25. The largest absolute Gasteiger partial charge is 0.416 e. The molecule has 0 spiro atoms. The molecule has 0 saturated carbocycles. The van der Waals surface area contributed by atoms with Crippen molar-refractivity contribution < 1.29 is 22.9 Å². The number of hydrogen-bond donors (Lipinski definition) is 1. The van der Waals surface area contributed by atoms with E-state index in [-0.39, 0.29) is 11.6 Å². The number of carbonyl (C=O) groups excluding carboxylic acids is 1. The van der Waals surface area contributed by atoms with Crippen LogP contribution in [-0.2, 0) is 11.0 Å². The minimum absolute atomic E-state index is 0.0632. The van der Waals surface area contributed by atoms with Gasteiger partial charge in [-0.2, -0.15) is 13.2 Å². The van der Waals surface area contributed by atoms with Gasteiger partial charge in [-0.25, -0.2) is 0 Å². The van der Waals surface area contributed by atoms with Gasteiger partial charge >= 0.3 is 6.18 Å². The Balaban J connectivity index is 1.56. The van der Waals surface area contributed by atoms with E-state index in [1.807, 2.05) is 9.80 Å². The molecule has 2 aromatic carbocycles. The Bertz CT molecular complexity index is 910. The molecule has 3 rings (SSSR count). The first kappa shape index (κ1) is 21.6. The van der Waals surface area contributed by atoms with Crippen molar-refractivity contribution in [2.24, 2.45) is 0 Å². The Labute approximate surface area is 171 Å². The van der Waals surface area contributed by atoms with Gasteiger partial charge in [-0.15, -0.1) is 0 Å². The fourth-order valence-electron chi connectivity index (χ4n) is 3.33. The predicted molar refractivity (Wildman–Crippen MR) is 106 cm³/mol. The Hall–Kier alpha value is -3.14. The zero-order chi connectivity index (χ0) is 21.9. The maximum Gasteiger partial charge on any atom is 0.416 e. The maximum atomic E-state index is 12.9. The quantitative estimate of drug-likeness (QED) is 0.586. The molecule has 0 bridgehead atoms. The summed E-state index contributed by atoms with van der Waals surface area (Å²) < 4.78 is 38.8. The van der Waals surface area contributed by atoms with Crippen LogP contribution in [0.15, 0.2) is 48.5 Å². The molecule has 1 amide bonds. The summed E-state index contributed by atoms with van der Waals surface area (Å²) in [5.74, 6) is -0.253. The lowest BCUT2D eigenvalue weighted by atomic mass is 10.1. The normalized spacial score (nSPS) is 16.2. The van der Waals surface area contributed by atoms with E-state index in [2.05, 4.69) is 5.32 Å². The van der Waals surface area contributed by atoms with E-state index >= 15 is 0 Å². The van der Waals surface area contributed by atoms with Gasteiger partial charge in [0.2, 0.25) is 5.91 Å². The highest BCUT2D eigenvalue weighted by Crippen LogP contribution is 2.32. The maximum absolute atomic E-state index is 12.9. The molecule has 0 aromatic heterocycles. The van der Waals surface area contributed by atoms with Gasteiger partial charge in [0, 0.05) is 49.7 Å². The second-order valence-corrected chi connectivity index (χ2v) is 7.04. The Morgan fingerprint density at radius 3 is 2.30 bits per heavy atom. The van der Waals surface area contributed by atoms with Crippen LogP contribution < -0.4 is 10.2 Å². The average molecular weight is 422 g/mol. The lowest BCUT2D eigenvalue weighted by molar-refractivity contribution is -0.384. The molecule has 0 unspecified atom stereocenters. The lowest BCUT2D eigenvalue weighted by Crippen LogP contribution is -2.52. The molecule has 160 valence electrons. The molecule has 1 aliphatic rings. The van der Waals surface area contributed by atoms with Crippen LogP contribution in [-0.4, -0.2) is 48.0 Å². The van der Waals surface area contributed by atoms with Crippen molar-refractivity contribution in [3.05, 3.63) is 64.2 Å². The number of piperazine rings is 1. The van der Waals surface area contributed by atoms with E-state index in [0.29, 0.717) is 37.6 Å². The van der Waals surface area contributed by atoms with Gasteiger partial charge in [0.25, 0.3) is 5.69 Å². The number of rotatable bonds is 5. The van der Waals surface area contributed by atoms with Gasteiger partial charge in [0.1, 0.15) is 0 Å². The minimum atomic E-state index is -4.39. The third kappa shape index (κ3) is 5.07. The highest BCUT2D eigenvalue weighted by Gasteiger charge is 2.31. The molecule has 10 heteroatoms. The van der Waals surface area contributed by atoms with Crippen molar-refractivity contribution in [3.63, 3.8) is 0 Å². The van der Waals surface area contributed by atoms with Crippen molar-refractivity contribution in [2.45, 2.75) is 19.1 Å². The number of hydrogen-bond acceptors (Lipinski definition) is 5. The third-order valence-electron chi connectivity index (χ3n) is 5.13. The van der Waals surface area contributed by atoms with Crippen LogP contribution in [0.2, 0.25) is 0 Å². The van der Waals surface area contributed by atoms with Crippen molar-refractivity contribution in [2.75, 3.05) is 36.4 Å². The minimum Gasteiger partial charge on any atom is -0.369 e. The molecule has 7 nitrogen and oxygen atoms in total. The number of nitrogens with one attached hydrogen (secondary N) is 1. The summed E-state index contributed by atoms with van der Waals surface area (Å²) in [6.45, 7) is 3.78. The molecule has 2 aromatic rings. The molecular formula is C20H21F3N4O3. The Morgan fingerprint density at radius 2 is 1.73 bits per heavy atom. The Morgan fingerprint density at radius 1 is 1.10 bits per heavy atom. The number of anilines is 2. The number of amides is 1. The molecule has 1 aliphatic heterocycles. The van der Waals surface area contributed by atoms with Crippen molar-refractivity contribution >= 4 is 23.0 Å². The second kappa shape index (κ2) is 8.70. The fraction of sp³-hybridized carbons (Fsp3) is 0.350. The van der Waals surface area contributed by atoms with Gasteiger partial charge in [-0.1, -0.05) is 6.07 Å². The van der Waals surface area contributed by atoms with Gasteiger partial charge in [0.05, 0.1) is 16.5 Å².